The third kappa shape index (κ3) is 2.78. The molecule has 1 aliphatic heterocycles. The number of hydrogen-bond donors (Lipinski definition) is 1. The molecule has 4 rings (SSSR count). The summed E-state index contributed by atoms with van der Waals surface area (Å²) in [5.41, 5.74) is 1.89. The van der Waals surface area contributed by atoms with Crippen molar-refractivity contribution in [3.63, 3.8) is 0 Å². The van der Waals surface area contributed by atoms with Crippen molar-refractivity contribution in [2.45, 2.75) is 25.9 Å². The quantitative estimate of drug-likeness (QED) is 0.772. The van der Waals surface area contributed by atoms with Gasteiger partial charge in [-0.15, -0.1) is 33.9 Å². The maximum absolute atomic E-state index is 4.75. The fraction of sp³-hybridized carbons (Fsp3) is 0.312. The van der Waals surface area contributed by atoms with Crippen molar-refractivity contribution in [2.75, 3.05) is 6.54 Å². The molecule has 3 aromatic rings. The molecule has 120 valence electrons. The van der Waals surface area contributed by atoms with Gasteiger partial charge in [0.25, 0.3) is 0 Å². The molecule has 0 saturated heterocycles. The van der Waals surface area contributed by atoms with E-state index in [0.29, 0.717) is 0 Å². The van der Waals surface area contributed by atoms with Crippen LogP contribution in [-0.2, 0) is 12.1 Å². The summed E-state index contributed by atoms with van der Waals surface area (Å²) in [7, 11) is 0. The van der Waals surface area contributed by atoms with Crippen LogP contribution in [0.1, 0.15) is 19.7 Å². The van der Waals surface area contributed by atoms with Crippen molar-refractivity contribution in [2.24, 2.45) is 0 Å². The van der Waals surface area contributed by atoms with Crippen molar-refractivity contribution in [3.8, 4) is 22.1 Å². The predicted molar refractivity (Wildman–Crippen MR) is 94.8 cm³/mol. The number of benzene rings is 1. The molecule has 0 unspecified atom stereocenters. The number of halogens is 1. The minimum absolute atomic E-state index is 0. The summed E-state index contributed by atoms with van der Waals surface area (Å²) in [5, 5.41) is 15.3. The van der Waals surface area contributed by atoms with E-state index in [1.54, 1.807) is 11.3 Å². The van der Waals surface area contributed by atoms with Crippen molar-refractivity contribution in [3.05, 3.63) is 41.5 Å². The van der Waals surface area contributed by atoms with Gasteiger partial charge in [-0.25, -0.2) is 4.98 Å². The Morgan fingerprint density at radius 3 is 2.74 bits per heavy atom. The van der Waals surface area contributed by atoms with Gasteiger partial charge in [-0.1, -0.05) is 30.3 Å². The van der Waals surface area contributed by atoms with Gasteiger partial charge in [-0.05, 0) is 13.8 Å². The molecule has 0 aliphatic carbocycles. The monoisotopic (exact) mass is 347 g/mol. The number of rotatable bonds is 2. The molecule has 0 fully saturated rings. The lowest BCUT2D eigenvalue weighted by molar-refractivity contribution is 0.317. The smallest absolute Gasteiger partial charge is 0.183 e. The number of nitrogens with zero attached hydrogens (tertiary/aromatic N) is 4. The Kier molecular flexibility index (Phi) is 4.23. The number of fused-ring (bicyclic) bond motifs is 1. The molecule has 0 spiro atoms. The van der Waals surface area contributed by atoms with Crippen LogP contribution in [0.3, 0.4) is 0 Å². The normalized spacial score (nSPS) is 15.7. The molecule has 3 heterocycles. The molecular weight excluding hydrogens is 330 g/mol. The predicted octanol–water partition coefficient (Wildman–Crippen LogP) is 3.33. The summed E-state index contributed by atoms with van der Waals surface area (Å²) >= 11 is 1.64. The Morgan fingerprint density at radius 2 is 1.96 bits per heavy atom. The van der Waals surface area contributed by atoms with Crippen LogP contribution in [-0.4, -0.2) is 26.3 Å². The molecule has 0 radical (unpaired) electrons. The van der Waals surface area contributed by atoms with E-state index in [4.69, 9.17) is 4.98 Å². The van der Waals surface area contributed by atoms with Crippen molar-refractivity contribution in [1.29, 1.82) is 0 Å². The lowest BCUT2D eigenvalue weighted by Gasteiger charge is -2.31. The molecule has 0 amide bonds. The third-order valence-electron chi connectivity index (χ3n) is 3.97. The van der Waals surface area contributed by atoms with Crippen LogP contribution in [0.15, 0.2) is 35.7 Å². The molecule has 1 aromatic carbocycles. The molecular formula is C16H18ClN5S. The topological polar surface area (TPSA) is 55.6 Å². The first-order valence-corrected chi connectivity index (χ1v) is 8.23. The van der Waals surface area contributed by atoms with Crippen molar-refractivity contribution >= 4 is 23.7 Å². The van der Waals surface area contributed by atoms with E-state index in [2.05, 4.69) is 51.4 Å². The molecule has 0 saturated carbocycles. The number of thiazole rings is 1. The van der Waals surface area contributed by atoms with E-state index < -0.39 is 0 Å². The van der Waals surface area contributed by atoms with Crippen LogP contribution in [0.5, 0.6) is 0 Å². The van der Waals surface area contributed by atoms with Gasteiger partial charge >= 0.3 is 0 Å². The SMILES string of the molecule is CC1(C)NCCn2c(-c3csc(-c4ccccc4)n3)nnc21.Cl. The van der Waals surface area contributed by atoms with Crippen LogP contribution in [0.25, 0.3) is 22.1 Å². The lowest BCUT2D eigenvalue weighted by atomic mass is 10.0. The summed E-state index contributed by atoms with van der Waals surface area (Å²) in [6, 6.07) is 10.2. The van der Waals surface area contributed by atoms with Gasteiger partial charge < -0.3 is 9.88 Å². The molecule has 1 aliphatic rings. The maximum atomic E-state index is 4.75. The van der Waals surface area contributed by atoms with E-state index in [0.717, 1.165) is 41.0 Å². The van der Waals surface area contributed by atoms with Crippen LogP contribution in [0.4, 0.5) is 0 Å². The largest absolute Gasteiger partial charge is 0.307 e. The Morgan fingerprint density at radius 1 is 1.17 bits per heavy atom. The number of hydrogen-bond acceptors (Lipinski definition) is 5. The Labute approximate surface area is 145 Å². The van der Waals surface area contributed by atoms with Gasteiger partial charge in [0, 0.05) is 24.0 Å². The summed E-state index contributed by atoms with van der Waals surface area (Å²) in [6.07, 6.45) is 0. The molecule has 2 aromatic heterocycles. The van der Waals surface area contributed by atoms with Gasteiger partial charge in [-0.3, -0.25) is 0 Å². The summed E-state index contributed by atoms with van der Waals surface area (Å²) in [4.78, 5) is 4.75. The lowest BCUT2D eigenvalue weighted by Crippen LogP contribution is -2.45. The van der Waals surface area contributed by atoms with E-state index in [1.165, 1.54) is 0 Å². The highest BCUT2D eigenvalue weighted by Gasteiger charge is 2.32. The first-order chi connectivity index (χ1) is 10.6. The molecule has 23 heavy (non-hydrogen) atoms. The molecule has 5 nitrogen and oxygen atoms in total. The van der Waals surface area contributed by atoms with E-state index in [-0.39, 0.29) is 17.9 Å². The van der Waals surface area contributed by atoms with Gasteiger partial charge in [-0.2, -0.15) is 0 Å². The van der Waals surface area contributed by atoms with Crippen molar-refractivity contribution < 1.29 is 0 Å². The van der Waals surface area contributed by atoms with Crippen LogP contribution >= 0.6 is 23.7 Å². The second-order valence-corrected chi connectivity index (χ2v) is 6.81. The van der Waals surface area contributed by atoms with Gasteiger partial charge in [0.1, 0.15) is 10.7 Å². The van der Waals surface area contributed by atoms with Crippen molar-refractivity contribution in [1.82, 2.24) is 25.1 Å². The molecule has 0 atom stereocenters. The second kappa shape index (κ2) is 6.03. The highest BCUT2D eigenvalue weighted by atomic mass is 35.5. The highest BCUT2D eigenvalue weighted by molar-refractivity contribution is 7.13. The minimum atomic E-state index is -0.151. The van der Waals surface area contributed by atoms with E-state index in [9.17, 15) is 0 Å². The standard InChI is InChI=1S/C16H17N5S.ClH/c1-16(2)15-20-19-13(21(15)9-8-17-16)12-10-22-14(18-12)11-6-4-3-5-7-11;/h3-7,10,17H,8-9H2,1-2H3;1H. The van der Waals surface area contributed by atoms with E-state index >= 15 is 0 Å². The number of aromatic nitrogens is 4. The van der Waals surface area contributed by atoms with Gasteiger partial charge in [0.15, 0.2) is 11.6 Å². The third-order valence-corrected chi connectivity index (χ3v) is 4.86. The fourth-order valence-corrected chi connectivity index (χ4v) is 3.62. The zero-order valence-electron chi connectivity index (χ0n) is 13.0. The van der Waals surface area contributed by atoms with Crippen LogP contribution in [0, 0.1) is 0 Å². The number of nitrogens with one attached hydrogen (secondary N) is 1. The van der Waals surface area contributed by atoms with Gasteiger partial charge in [0.2, 0.25) is 0 Å². The zero-order chi connectivity index (χ0) is 15.2. The Balaban J connectivity index is 0.00000156. The van der Waals surface area contributed by atoms with Crippen LogP contribution < -0.4 is 5.32 Å². The summed E-state index contributed by atoms with van der Waals surface area (Å²) in [5.74, 6) is 1.84. The van der Waals surface area contributed by atoms with Crippen LogP contribution in [0.2, 0.25) is 0 Å². The minimum Gasteiger partial charge on any atom is -0.307 e. The maximum Gasteiger partial charge on any atom is 0.183 e. The first kappa shape index (κ1) is 16.1. The second-order valence-electron chi connectivity index (χ2n) is 5.95. The first-order valence-electron chi connectivity index (χ1n) is 7.35. The fourth-order valence-electron chi connectivity index (χ4n) is 2.82. The molecule has 0 bridgehead atoms. The zero-order valence-corrected chi connectivity index (χ0v) is 14.6. The summed E-state index contributed by atoms with van der Waals surface area (Å²) in [6.45, 7) is 6.06. The van der Waals surface area contributed by atoms with Gasteiger partial charge in [0.05, 0.1) is 5.54 Å². The molecule has 7 heteroatoms. The Hall–Kier alpha value is -1.76. The highest BCUT2D eigenvalue weighted by Crippen LogP contribution is 2.30. The molecule has 1 N–H and O–H groups in total. The Bertz CT molecular complexity index is 809. The average Bonchev–Trinajstić information content (AvgIpc) is 3.14. The average molecular weight is 348 g/mol. The summed E-state index contributed by atoms with van der Waals surface area (Å²) < 4.78 is 2.18. The van der Waals surface area contributed by atoms with E-state index in [1.807, 2.05) is 18.2 Å².